The number of benzene rings is 1. The predicted molar refractivity (Wildman–Crippen MR) is 64.4 cm³/mol. The minimum absolute atomic E-state index is 0.285. The van der Waals surface area contributed by atoms with Crippen molar-refractivity contribution in [1.82, 2.24) is 19.6 Å². The Kier molecular flexibility index (Phi) is 2.33. The molecule has 6 heteroatoms. The van der Waals surface area contributed by atoms with Crippen molar-refractivity contribution in [1.29, 1.82) is 0 Å². The molecule has 0 saturated carbocycles. The van der Waals surface area contributed by atoms with Crippen molar-refractivity contribution in [3.8, 4) is 5.75 Å². The Hall–Kier alpha value is -1.88. The van der Waals surface area contributed by atoms with Crippen LogP contribution in [-0.4, -0.2) is 26.7 Å². The Bertz CT molecular complexity index is 694. The van der Waals surface area contributed by atoms with Gasteiger partial charge in [0.05, 0.1) is 13.0 Å². The highest BCUT2D eigenvalue weighted by atomic mass is 35.5. The van der Waals surface area contributed by atoms with Crippen LogP contribution in [0.5, 0.6) is 5.75 Å². The van der Waals surface area contributed by atoms with Gasteiger partial charge in [0.15, 0.2) is 11.5 Å². The molecular weight excluding hydrogens is 240 g/mol. The van der Waals surface area contributed by atoms with E-state index >= 15 is 0 Å². The van der Waals surface area contributed by atoms with Gasteiger partial charge in [-0.05, 0) is 12.1 Å². The summed E-state index contributed by atoms with van der Waals surface area (Å²) in [5, 5.41) is 5.11. The van der Waals surface area contributed by atoms with E-state index in [9.17, 15) is 0 Å². The zero-order valence-corrected chi connectivity index (χ0v) is 9.85. The Labute approximate surface area is 102 Å². The first-order chi connectivity index (χ1) is 8.33. The number of fused-ring (bicyclic) bond motifs is 3. The van der Waals surface area contributed by atoms with Gasteiger partial charge in [0.2, 0.25) is 0 Å². The lowest BCUT2D eigenvalue weighted by Gasteiger charge is -2.03. The summed E-state index contributed by atoms with van der Waals surface area (Å²) < 4.78 is 6.89. The minimum atomic E-state index is 0.285. The van der Waals surface area contributed by atoms with E-state index in [-0.39, 0.29) is 5.88 Å². The average molecular weight is 249 g/mol. The number of hydrogen-bond donors (Lipinski definition) is 0. The lowest BCUT2D eigenvalue weighted by Crippen LogP contribution is -1.93. The Morgan fingerprint density at radius 3 is 3.06 bits per heavy atom. The third-order valence-corrected chi connectivity index (χ3v) is 2.79. The van der Waals surface area contributed by atoms with Crippen LogP contribution >= 0.6 is 11.6 Å². The van der Waals surface area contributed by atoms with Gasteiger partial charge in [-0.2, -0.15) is 0 Å². The molecule has 0 aliphatic heterocycles. The molecule has 0 spiro atoms. The van der Waals surface area contributed by atoms with Crippen molar-refractivity contribution >= 4 is 28.2 Å². The molecule has 0 saturated heterocycles. The fourth-order valence-corrected chi connectivity index (χ4v) is 1.91. The van der Waals surface area contributed by atoms with E-state index in [1.54, 1.807) is 18.0 Å². The van der Waals surface area contributed by atoms with E-state index in [1.165, 1.54) is 0 Å². The molecule has 5 nitrogen and oxygen atoms in total. The summed E-state index contributed by atoms with van der Waals surface area (Å²) in [6.07, 6.45) is 1.61. The molecule has 0 radical (unpaired) electrons. The number of rotatable bonds is 2. The molecule has 0 aliphatic carbocycles. The zero-order valence-electron chi connectivity index (χ0n) is 9.09. The van der Waals surface area contributed by atoms with Gasteiger partial charge in [-0.15, -0.1) is 16.7 Å². The van der Waals surface area contributed by atoms with E-state index in [4.69, 9.17) is 16.3 Å². The topological polar surface area (TPSA) is 52.3 Å². The summed E-state index contributed by atoms with van der Waals surface area (Å²) >= 11 is 5.72. The van der Waals surface area contributed by atoms with Crippen LogP contribution in [0.2, 0.25) is 0 Å². The summed E-state index contributed by atoms with van der Waals surface area (Å²) in [4.78, 5) is 8.68. The zero-order chi connectivity index (χ0) is 11.8. The van der Waals surface area contributed by atoms with Crippen molar-refractivity contribution in [2.45, 2.75) is 5.88 Å². The van der Waals surface area contributed by atoms with E-state index in [0.717, 1.165) is 22.3 Å². The van der Waals surface area contributed by atoms with Gasteiger partial charge in [-0.1, -0.05) is 6.07 Å². The summed E-state index contributed by atoms with van der Waals surface area (Å²) in [6, 6.07) is 5.70. The van der Waals surface area contributed by atoms with Crippen LogP contribution in [0.15, 0.2) is 24.5 Å². The van der Waals surface area contributed by atoms with Crippen molar-refractivity contribution in [2.24, 2.45) is 0 Å². The summed E-state index contributed by atoms with van der Waals surface area (Å²) in [6.45, 7) is 0. The molecule has 2 aromatic heterocycles. The number of nitrogens with zero attached hydrogens (tertiary/aromatic N) is 4. The summed E-state index contributed by atoms with van der Waals surface area (Å²) in [7, 11) is 1.62. The average Bonchev–Trinajstić information content (AvgIpc) is 2.81. The lowest BCUT2D eigenvalue weighted by atomic mass is 10.2. The number of para-hydroxylation sites is 1. The molecule has 3 aromatic rings. The van der Waals surface area contributed by atoms with Crippen molar-refractivity contribution in [2.75, 3.05) is 7.11 Å². The molecular formula is C11H9ClN4O. The number of hydrogen-bond acceptors (Lipinski definition) is 4. The molecule has 0 amide bonds. The SMILES string of the molecule is COc1cccc2c1ncn1nc(CCl)nc21. The van der Waals surface area contributed by atoms with Gasteiger partial charge in [0.1, 0.15) is 17.6 Å². The van der Waals surface area contributed by atoms with Crippen LogP contribution in [0.1, 0.15) is 5.82 Å². The molecule has 0 unspecified atom stereocenters. The van der Waals surface area contributed by atoms with Crippen LogP contribution in [-0.2, 0) is 5.88 Å². The van der Waals surface area contributed by atoms with Crippen molar-refractivity contribution in [3.63, 3.8) is 0 Å². The largest absolute Gasteiger partial charge is 0.494 e. The number of halogens is 1. The fourth-order valence-electron chi connectivity index (χ4n) is 1.80. The first-order valence-electron chi connectivity index (χ1n) is 5.06. The van der Waals surface area contributed by atoms with Crippen LogP contribution in [0.4, 0.5) is 0 Å². The fraction of sp³-hybridized carbons (Fsp3) is 0.182. The van der Waals surface area contributed by atoms with E-state index in [0.29, 0.717) is 5.82 Å². The van der Waals surface area contributed by atoms with E-state index < -0.39 is 0 Å². The monoisotopic (exact) mass is 248 g/mol. The van der Waals surface area contributed by atoms with E-state index in [1.807, 2.05) is 18.2 Å². The number of methoxy groups -OCH3 is 1. The third kappa shape index (κ3) is 1.51. The maximum Gasteiger partial charge on any atom is 0.166 e. The smallest absolute Gasteiger partial charge is 0.166 e. The normalized spacial score (nSPS) is 11.2. The quantitative estimate of drug-likeness (QED) is 0.651. The highest BCUT2D eigenvalue weighted by Crippen LogP contribution is 2.25. The van der Waals surface area contributed by atoms with E-state index in [2.05, 4.69) is 15.1 Å². The van der Waals surface area contributed by atoms with Gasteiger partial charge in [0.25, 0.3) is 0 Å². The Morgan fingerprint density at radius 2 is 2.29 bits per heavy atom. The second-order valence-corrected chi connectivity index (χ2v) is 3.80. The number of alkyl halides is 1. The highest BCUT2D eigenvalue weighted by molar-refractivity contribution is 6.16. The second-order valence-electron chi connectivity index (χ2n) is 3.53. The molecule has 0 aliphatic rings. The molecule has 2 heterocycles. The van der Waals surface area contributed by atoms with Crippen LogP contribution in [0, 0.1) is 0 Å². The molecule has 17 heavy (non-hydrogen) atoms. The molecule has 3 rings (SSSR count). The van der Waals surface area contributed by atoms with Crippen LogP contribution in [0.25, 0.3) is 16.6 Å². The maximum absolute atomic E-state index is 5.72. The Morgan fingerprint density at radius 1 is 1.41 bits per heavy atom. The van der Waals surface area contributed by atoms with Gasteiger partial charge in [-0.25, -0.2) is 14.5 Å². The van der Waals surface area contributed by atoms with Crippen molar-refractivity contribution in [3.05, 3.63) is 30.4 Å². The predicted octanol–water partition coefficient (Wildman–Crippen LogP) is 2.02. The first-order valence-corrected chi connectivity index (χ1v) is 5.60. The molecule has 0 fully saturated rings. The van der Waals surface area contributed by atoms with Gasteiger partial charge in [-0.3, -0.25) is 0 Å². The van der Waals surface area contributed by atoms with Crippen LogP contribution in [0.3, 0.4) is 0 Å². The Balaban J connectivity index is 2.42. The molecule has 86 valence electrons. The standard InChI is InChI=1S/C11H9ClN4O/c1-17-8-4-2-3-7-10(8)13-6-16-11(7)14-9(5-12)15-16/h2-4,6H,5H2,1H3. The van der Waals surface area contributed by atoms with Gasteiger partial charge >= 0.3 is 0 Å². The number of ether oxygens (including phenoxy) is 1. The molecule has 0 N–H and O–H groups in total. The molecule has 0 bridgehead atoms. The first kappa shape index (κ1) is 10.3. The maximum atomic E-state index is 5.72. The third-order valence-electron chi connectivity index (χ3n) is 2.55. The lowest BCUT2D eigenvalue weighted by molar-refractivity contribution is 0.419. The second kappa shape index (κ2) is 3.85. The number of aromatic nitrogens is 4. The van der Waals surface area contributed by atoms with Crippen molar-refractivity contribution < 1.29 is 4.74 Å². The molecule has 0 atom stereocenters. The van der Waals surface area contributed by atoms with Crippen LogP contribution < -0.4 is 4.74 Å². The van der Waals surface area contributed by atoms with Gasteiger partial charge < -0.3 is 4.74 Å². The van der Waals surface area contributed by atoms with Gasteiger partial charge in [0, 0.05) is 5.39 Å². The summed E-state index contributed by atoms with van der Waals surface area (Å²) in [5.74, 6) is 1.59. The highest BCUT2D eigenvalue weighted by Gasteiger charge is 2.10. The summed E-state index contributed by atoms with van der Waals surface area (Å²) in [5.41, 5.74) is 1.51. The minimum Gasteiger partial charge on any atom is -0.494 e. The molecule has 1 aromatic carbocycles.